The van der Waals surface area contributed by atoms with E-state index in [-0.39, 0.29) is 5.91 Å². The molecule has 1 saturated carbocycles. The summed E-state index contributed by atoms with van der Waals surface area (Å²) in [5.74, 6) is -0.0419. The van der Waals surface area contributed by atoms with Crippen LogP contribution < -0.4 is 11.1 Å². The smallest absolute Gasteiger partial charge is 0.242 e. The Morgan fingerprint density at radius 3 is 2.67 bits per heavy atom. The number of carbonyl (C=O) groups is 1. The second kappa shape index (κ2) is 3.76. The fraction of sp³-hybridized carbons (Fsp3) is 0.909. The van der Waals surface area contributed by atoms with Crippen molar-refractivity contribution < 1.29 is 9.53 Å². The topological polar surface area (TPSA) is 64.4 Å². The van der Waals surface area contributed by atoms with Gasteiger partial charge in [-0.25, -0.2) is 0 Å². The Morgan fingerprint density at radius 1 is 1.47 bits per heavy atom. The molecule has 1 atom stereocenters. The van der Waals surface area contributed by atoms with E-state index in [1.807, 2.05) is 0 Å². The summed E-state index contributed by atoms with van der Waals surface area (Å²) in [6, 6.07) is 0. The number of hydrogen-bond donors (Lipinski definition) is 2. The fourth-order valence-corrected chi connectivity index (χ4v) is 2.04. The minimum absolute atomic E-state index is 0.0419. The van der Waals surface area contributed by atoms with Crippen LogP contribution in [0.1, 0.15) is 32.6 Å². The van der Waals surface area contributed by atoms with Crippen molar-refractivity contribution in [3.63, 3.8) is 0 Å². The molecular weight excluding hydrogens is 192 g/mol. The van der Waals surface area contributed by atoms with Crippen LogP contribution in [0.5, 0.6) is 0 Å². The Kier molecular flexibility index (Phi) is 2.73. The molecule has 15 heavy (non-hydrogen) atoms. The van der Waals surface area contributed by atoms with Gasteiger partial charge in [-0.1, -0.05) is 6.92 Å². The molecule has 1 heterocycles. The van der Waals surface area contributed by atoms with Gasteiger partial charge in [0, 0.05) is 13.2 Å². The lowest BCUT2D eigenvalue weighted by Crippen LogP contribution is -2.55. The maximum absolute atomic E-state index is 11.8. The normalized spacial score (nSPS) is 32.7. The molecule has 1 amide bonds. The van der Waals surface area contributed by atoms with Crippen LogP contribution in [0.25, 0.3) is 0 Å². The van der Waals surface area contributed by atoms with E-state index in [0.29, 0.717) is 25.0 Å². The molecule has 1 aliphatic carbocycles. The van der Waals surface area contributed by atoms with Crippen LogP contribution in [0.3, 0.4) is 0 Å². The van der Waals surface area contributed by atoms with Gasteiger partial charge in [-0.15, -0.1) is 0 Å². The lowest BCUT2D eigenvalue weighted by atomic mass is 9.98. The molecule has 1 saturated heterocycles. The summed E-state index contributed by atoms with van der Waals surface area (Å²) in [6.07, 6.45) is 4.25. The summed E-state index contributed by atoms with van der Waals surface area (Å²) in [4.78, 5) is 11.8. The second-order valence-corrected chi connectivity index (χ2v) is 4.99. The molecule has 0 bridgehead atoms. The molecule has 0 spiro atoms. The summed E-state index contributed by atoms with van der Waals surface area (Å²) in [6.45, 7) is 3.91. The van der Waals surface area contributed by atoms with Crippen molar-refractivity contribution in [1.82, 2.24) is 5.32 Å². The Balaban J connectivity index is 1.82. The lowest BCUT2D eigenvalue weighted by molar-refractivity contribution is -0.126. The molecule has 0 radical (unpaired) electrons. The first-order valence-electron chi connectivity index (χ1n) is 5.75. The van der Waals surface area contributed by atoms with Crippen LogP contribution in [0.4, 0.5) is 0 Å². The molecular formula is C11H20N2O2. The molecule has 2 aliphatic rings. The van der Waals surface area contributed by atoms with E-state index >= 15 is 0 Å². The van der Waals surface area contributed by atoms with E-state index in [4.69, 9.17) is 10.5 Å². The first-order valence-corrected chi connectivity index (χ1v) is 5.75. The summed E-state index contributed by atoms with van der Waals surface area (Å²) >= 11 is 0. The minimum atomic E-state index is -0.774. The zero-order chi connectivity index (χ0) is 10.9. The highest BCUT2D eigenvalue weighted by atomic mass is 16.5. The van der Waals surface area contributed by atoms with Crippen molar-refractivity contribution >= 4 is 5.91 Å². The van der Waals surface area contributed by atoms with E-state index in [0.717, 1.165) is 13.0 Å². The van der Waals surface area contributed by atoms with Crippen LogP contribution in [0.2, 0.25) is 0 Å². The third kappa shape index (κ3) is 2.16. The second-order valence-electron chi connectivity index (χ2n) is 4.99. The minimum Gasteiger partial charge on any atom is -0.379 e. The van der Waals surface area contributed by atoms with E-state index in [9.17, 15) is 4.79 Å². The average molecular weight is 212 g/mol. The molecule has 4 nitrogen and oxygen atoms in total. The van der Waals surface area contributed by atoms with Crippen LogP contribution in [0.15, 0.2) is 0 Å². The predicted molar refractivity (Wildman–Crippen MR) is 57.3 cm³/mol. The number of ether oxygens (including phenoxy) is 1. The van der Waals surface area contributed by atoms with E-state index in [2.05, 4.69) is 12.2 Å². The molecule has 0 aromatic heterocycles. The van der Waals surface area contributed by atoms with Crippen molar-refractivity contribution in [3.05, 3.63) is 0 Å². The summed E-state index contributed by atoms with van der Waals surface area (Å²) in [7, 11) is 0. The number of rotatable bonds is 4. The first kappa shape index (κ1) is 10.9. The van der Waals surface area contributed by atoms with Crippen molar-refractivity contribution in [3.8, 4) is 0 Å². The molecule has 2 rings (SSSR count). The zero-order valence-corrected chi connectivity index (χ0v) is 9.34. The first-order chi connectivity index (χ1) is 7.10. The highest BCUT2D eigenvalue weighted by Gasteiger charge is 2.43. The predicted octanol–water partition coefficient (Wildman–Crippen LogP) is 0.411. The highest BCUT2D eigenvalue weighted by Crippen LogP contribution is 2.47. The maximum atomic E-state index is 11.8. The molecule has 2 fully saturated rings. The maximum Gasteiger partial charge on any atom is 0.242 e. The van der Waals surface area contributed by atoms with Crippen molar-refractivity contribution in [2.24, 2.45) is 11.1 Å². The van der Waals surface area contributed by atoms with Crippen LogP contribution in [-0.2, 0) is 9.53 Å². The number of amides is 1. The van der Waals surface area contributed by atoms with Gasteiger partial charge in [0.15, 0.2) is 0 Å². The SMILES string of the molecule is CCC1(CNC(=O)C2(N)CCOC2)CC1. The van der Waals surface area contributed by atoms with Gasteiger partial charge in [0.05, 0.1) is 6.61 Å². The van der Waals surface area contributed by atoms with E-state index in [1.165, 1.54) is 12.8 Å². The standard InChI is InChI=1S/C11H20N2O2/c1-2-10(3-4-10)7-13-9(14)11(12)5-6-15-8-11/h2-8,12H2,1H3,(H,13,14). The van der Waals surface area contributed by atoms with Crippen molar-refractivity contribution in [1.29, 1.82) is 0 Å². The number of nitrogens with two attached hydrogens (primary N) is 1. The van der Waals surface area contributed by atoms with Crippen molar-refractivity contribution in [2.75, 3.05) is 19.8 Å². The van der Waals surface area contributed by atoms with Gasteiger partial charge >= 0.3 is 0 Å². The lowest BCUT2D eigenvalue weighted by Gasteiger charge is -2.22. The Morgan fingerprint density at radius 2 is 2.20 bits per heavy atom. The average Bonchev–Trinajstić information content (AvgIpc) is 2.90. The Hall–Kier alpha value is -0.610. The molecule has 1 aliphatic heterocycles. The fourth-order valence-electron chi connectivity index (χ4n) is 2.04. The van der Waals surface area contributed by atoms with Crippen molar-refractivity contribution in [2.45, 2.75) is 38.1 Å². The Bertz CT molecular complexity index is 255. The number of carbonyl (C=O) groups excluding carboxylic acids is 1. The van der Waals surface area contributed by atoms with Gasteiger partial charge in [-0.3, -0.25) is 4.79 Å². The molecule has 0 aromatic carbocycles. The molecule has 86 valence electrons. The number of hydrogen-bond acceptors (Lipinski definition) is 3. The molecule has 1 unspecified atom stereocenters. The van der Waals surface area contributed by atoms with E-state index in [1.54, 1.807) is 0 Å². The van der Waals surface area contributed by atoms with Gasteiger partial charge in [-0.05, 0) is 31.1 Å². The molecule has 4 heteroatoms. The zero-order valence-electron chi connectivity index (χ0n) is 9.34. The summed E-state index contributed by atoms with van der Waals surface area (Å²) in [5.41, 5.74) is 5.56. The van der Waals surface area contributed by atoms with Gasteiger partial charge in [0.25, 0.3) is 0 Å². The summed E-state index contributed by atoms with van der Waals surface area (Å²) in [5, 5.41) is 2.97. The van der Waals surface area contributed by atoms with Crippen LogP contribution in [-0.4, -0.2) is 31.2 Å². The quantitative estimate of drug-likeness (QED) is 0.709. The van der Waals surface area contributed by atoms with Crippen LogP contribution in [0, 0.1) is 5.41 Å². The van der Waals surface area contributed by atoms with Crippen LogP contribution >= 0.6 is 0 Å². The molecule has 3 N–H and O–H groups in total. The largest absolute Gasteiger partial charge is 0.379 e. The Labute approximate surface area is 90.5 Å². The molecule has 0 aromatic rings. The van der Waals surface area contributed by atoms with Gasteiger partial charge in [0.2, 0.25) is 5.91 Å². The third-order valence-corrected chi connectivity index (χ3v) is 3.84. The summed E-state index contributed by atoms with van der Waals surface area (Å²) < 4.78 is 5.17. The van der Waals surface area contributed by atoms with Gasteiger partial charge < -0.3 is 15.8 Å². The monoisotopic (exact) mass is 212 g/mol. The van der Waals surface area contributed by atoms with Gasteiger partial charge in [0.1, 0.15) is 5.54 Å². The highest BCUT2D eigenvalue weighted by molar-refractivity contribution is 5.86. The van der Waals surface area contributed by atoms with E-state index < -0.39 is 5.54 Å². The number of nitrogens with one attached hydrogen (secondary N) is 1. The van der Waals surface area contributed by atoms with Gasteiger partial charge in [-0.2, -0.15) is 0 Å². The third-order valence-electron chi connectivity index (χ3n) is 3.84.